The first-order chi connectivity index (χ1) is 9.61. The maximum Gasteiger partial charge on any atom is 0.105 e. The molecule has 0 fully saturated rings. The van der Waals surface area contributed by atoms with Crippen molar-refractivity contribution in [2.45, 2.75) is 19.9 Å². The Morgan fingerprint density at radius 2 is 1.90 bits per heavy atom. The molecule has 104 valence electrons. The third-order valence-electron chi connectivity index (χ3n) is 3.22. The molecule has 20 heavy (non-hydrogen) atoms. The molecule has 4 heteroatoms. The highest BCUT2D eigenvalue weighted by Crippen LogP contribution is 2.22. The summed E-state index contributed by atoms with van der Waals surface area (Å²) in [6, 6.07) is 14.4. The molecule has 2 aromatic rings. The van der Waals surface area contributed by atoms with Crippen LogP contribution in [0.25, 0.3) is 0 Å². The minimum Gasteiger partial charge on any atom is -0.389 e. The second-order valence-corrected chi connectivity index (χ2v) is 5.83. The summed E-state index contributed by atoms with van der Waals surface area (Å²) in [6.07, 6.45) is 1.04. The molecular formula is C16H17BrN2S. The molecular weight excluding hydrogens is 332 g/mol. The second-order valence-electron chi connectivity index (χ2n) is 4.53. The van der Waals surface area contributed by atoms with E-state index < -0.39 is 0 Å². The van der Waals surface area contributed by atoms with Gasteiger partial charge < -0.3 is 11.1 Å². The summed E-state index contributed by atoms with van der Waals surface area (Å²) in [4.78, 5) is 0.403. The lowest BCUT2D eigenvalue weighted by atomic mass is 10.1. The average Bonchev–Trinajstić information content (AvgIpc) is 2.45. The Bertz CT molecular complexity index is 626. The van der Waals surface area contributed by atoms with Crippen LogP contribution in [0.2, 0.25) is 0 Å². The summed E-state index contributed by atoms with van der Waals surface area (Å²) in [5.74, 6) is 0. The summed E-state index contributed by atoms with van der Waals surface area (Å²) in [7, 11) is 0. The van der Waals surface area contributed by atoms with Crippen LogP contribution in [0.3, 0.4) is 0 Å². The van der Waals surface area contributed by atoms with Crippen LogP contribution in [0, 0.1) is 0 Å². The molecule has 3 N–H and O–H groups in total. The van der Waals surface area contributed by atoms with Gasteiger partial charge in [0.25, 0.3) is 0 Å². The molecule has 0 spiro atoms. The summed E-state index contributed by atoms with van der Waals surface area (Å²) in [5.41, 5.74) is 10.3. The zero-order valence-corrected chi connectivity index (χ0v) is 13.7. The Kier molecular flexibility index (Phi) is 5.15. The Morgan fingerprint density at radius 1 is 1.20 bits per heavy atom. The highest BCUT2D eigenvalue weighted by Gasteiger charge is 2.04. The van der Waals surface area contributed by atoms with Crippen LogP contribution >= 0.6 is 28.1 Å². The minimum atomic E-state index is 0.403. The van der Waals surface area contributed by atoms with Crippen LogP contribution in [0.4, 0.5) is 5.69 Å². The number of halogens is 1. The predicted octanol–water partition coefficient (Wildman–Crippen LogP) is 4.26. The maximum absolute atomic E-state index is 5.65. The van der Waals surface area contributed by atoms with Gasteiger partial charge >= 0.3 is 0 Å². The average molecular weight is 349 g/mol. The van der Waals surface area contributed by atoms with E-state index in [0.717, 1.165) is 28.7 Å². The van der Waals surface area contributed by atoms with Gasteiger partial charge in [-0.2, -0.15) is 0 Å². The van der Waals surface area contributed by atoms with Crippen molar-refractivity contribution in [3.05, 3.63) is 63.6 Å². The fourth-order valence-corrected chi connectivity index (χ4v) is 3.00. The first-order valence-corrected chi connectivity index (χ1v) is 7.72. The van der Waals surface area contributed by atoms with Crippen molar-refractivity contribution in [1.82, 2.24) is 0 Å². The molecule has 0 saturated carbocycles. The zero-order chi connectivity index (χ0) is 14.5. The zero-order valence-electron chi connectivity index (χ0n) is 11.3. The van der Waals surface area contributed by atoms with E-state index in [4.69, 9.17) is 18.0 Å². The molecule has 0 aliphatic rings. The molecule has 0 saturated heterocycles. The second kappa shape index (κ2) is 6.86. The van der Waals surface area contributed by atoms with Crippen molar-refractivity contribution in [2.24, 2.45) is 5.73 Å². The number of thiocarbonyl (C=S) groups is 1. The first-order valence-electron chi connectivity index (χ1n) is 6.51. The fourth-order valence-electron chi connectivity index (χ4n) is 2.10. The number of nitrogens with one attached hydrogen (secondary N) is 1. The molecule has 0 aromatic heterocycles. The monoisotopic (exact) mass is 348 g/mol. The number of hydrogen-bond acceptors (Lipinski definition) is 2. The van der Waals surface area contributed by atoms with Crippen molar-refractivity contribution in [3.63, 3.8) is 0 Å². The van der Waals surface area contributed by atoms with Gasteiger partial charge in [0.1, 0.15) is 4.99 Å². The third-order valence-corrected chi connectivity index (χ3v) is 4.09. The van der Waals surface area contributed by atoms with E-state index in [1.165, 1.54) is 11.1 Å². The van der Waals surface area contributed by atoms with Gasteiger partial charge in [-0.15, -0.1) is 0 Å². The topological polar surface area (TPSA) is 38.0 Å². The van der Waals surface area contributed by atoms with Gasteiger partial charge in [-0.3, -0.25) is 0 Å². The number of rotatable bonds is 5. The number of benzene rings is 2. The fraction of sp³-hybridized carbons (Fsp3) is 0.188. The van der Waals surface area contributed by atoms with E-state index in [1.807, 2.05) is 18.2 Å². The lowest BCUT2D eigenvalue weighted by Gasteiger charge is -2.11. The molecule has 0 bridgehead atoms. The molecule has 0 aliphatic heterocycles. The molecule has 0 unspecified atom stereocenters. The number of nitrogens with two attached hydrogens (primary N) is 1. The minimum absolute atomic E-state index is 0.403. The van der Waals surface area contributed by atoms with Gasteiger partial charge in [0.15, 0.2) is 0 Å². The van der Waals surface area contributed by atoms with E-state index >= 15 is 0 Å². The largest absolute Gasteiger partial charge is 0.389 e. The van der Waals surface area contributed by atoms with E-state index in [-0.39, 0.29) is 0 Å². The van der Waals surface area contributed by atoms with E-state index in [9.17, 15) is 0 Å². The van der Waals surface area contributed by atoms with E-state index in [0.29, 0.717) is 4.99 Å². The standard InChI is InChI=1S/C16H17BrN2S/c1-2-11-5-3-4-6-12(11)10-19-13-7-8-14(16(18)20)15(17)9-13/h3-9,19H,2,10H2,1H3,(H2,18,20). The summed E-state index contributed by atoms with van der Waals surface area (Å²) < 4.78 is 0.916. The Morgan fingerprint density at radius 3 is 2.50 bits per heavy atom. The summed E-state index contributed by atoms with van der Waals surface area (Å²) >= 11 is 8.49. The molecule has 0 radical (unpaired) electrons. The van der Waals surface area contributed by atoms with Gasteiger partial charge in [-0.25, -0.2) is 0 Å². The molecule has 2 nitrogen and oxygen atoms in total. The van der Waals surface area contributed by atoms with Gasteiger partial charge in [-0.05, 0) is 51.7 Å². The van der Waals surface area contributed by atoms with Crippen LogP contribution in [-0.4, -0.2) is 4.99 Å². The number of anilines is 1. The highest BCUT2D eigenvalue weighted by atomic mass is 79.9. The lowest BCUT2D eigenvalue weighted by molar-refractivity contribution is 1.04. The van der Waals surface area contributed by atoms with Crippen LogP contribution in [0.1, 0.15) is 23.6 Å². The summed E-state index contributed by atoms with van der Waals surface area (Å²) in [6.45, 7) is 2.98. The smallest absolute Gasteiger partial charge is 0.105 e. The number of hydrogen-bond donors (Lipinski definition) is 2. The SMILES string of the molecule is CCc1ccccc1CNc1ccc(C(N)=S)c(Br)c1. The quantitative estimate of drug-likeness (QED) is 0.793. The Balaban J connectivity index is 2.11. The third kappa shape index (κ3) is 3.58. The van der Waals surface area contributed by atoms with Crippen LogP contribution < -0.4 is 11.1 Å². The van der Waals surface area contributed by atoms with Crippen molar-refractivity contribution in [1.29, 1.82) is 0 Å². The first kappa shape index (κ1) is 15.0. The lowest BCUT2D eigenvalue weighted by Crippen LogP contribution is -2.10. The normalized spacial score (nSPS) is 10.3. The van der Waals surface area contributed by atoms with Crippen LogP contribution in [0.5, 0.6) is 0 Å². The van der Waals surface area contributed by atoms with Crippen LogP contribution in [-0.2, 0) is 13.0 Å². The molecule has 0 heterocycles. The van der Waals surface area contributed by atoms with Gasteiger partial charge in [0, 0.05) is 22.3 Å². The summed E-state index contributed by atoms with van der Waals surface area (Å²) in [5, 5.41) is 3.43. The van der Waals surface area contributed by atoms with Crippen LogP contribution in [0.15, 0.2) is 46.9 Å². The maximum atomic E-state index is 5.65. The molecule has 0 amide bonds. The predicted molar refractivity (Wildman–Crippen MR) is 93.2 cm³/mol. The highest BCUT2D eigenvalue weighted by molar-refractivity contribution is 9.10. The number of aryl methyl sites for hydroxylation is 1. The Labute approximate surface area is 133 Å². The molecule has 2 aromatic carbocycles. The van der Waals surface area contributed by atoms with Crippen molar-refractivity contribution in [3.8, 4) is 0 Å². The molecule has 2 rings (SSSR count). The van der Waals surface area contributed by atoms with Crippen molar-refractivity contribution in [2.75, 3.05) is 5.32 Å². The van der Waals surface area contributed by atoms with Gasteiger partial charge in [-0.1, -0.05) is 43.4 Å². The van der Waals surface area contributed by atoms with E-state index in [1.54, 1.807) is 0 Å². The Hall–Kier alpha value is -1.39. The van der Waals surface area contributed by atoms with Gasteiger partial charge in [0.05, 0.1) is 0 Å². The van der Waals surface area contributed by atoms with Crippen molar-refractivity contribution >= 4 is 38.8 Å². The molecule has 0 atom stereocenters. The van der Waals surface area contributed by atoms with Crippen molar-refractivity contribution < 1.29 is 0 Å². The van der Waals surface area contributed by atoms with E-state index in [2.05, 4.69) is 52.4 Å². The molecule has 0 aliphatic carbocycles. The van der Waals surface area contributed by atoms with Gasteiger partial charge in [0.2, 0.25) is 0 Å².